The minimum Gasteiger partial charge on any atom is -0.478 e. The number of nitrogens with zero attached hydrogens (tertiary/aromatic N) is 1. The maximum Gasteiger partial charge on any atom is 0.339 e. The van der Waals surface area contributed by atoms with Gasteiger partial charge in [-0.1, -0.05) is 58.1 Å². The molecule has 1 fully saturated rings. The van der Waals surface area contributed by atoms with E-state index in [0.717, 1.165) is 25.7 Å². The van der Waals surface area contributed by atoms with Crippen LogP contribution in [0.1, 0.15) is 93.9 Å². The Balaban J connectivity index is 0.000000260. The lowest BCUT2D eigenvalue weighted by atomic mass is 9.65. The number of carboxylic acid groups (broad SMARTS) is 2. The predicted molar refractivity (Wildman–Crippen MR) is 187 cm³/mol. The first-order valence-corrected chi connectivity index (χ1v) is 17.3. The summed E-state index contributed by atoms with van der Waals surface area (Å²) in [5.74, 6) is -1.76. The fraction of sp³-hybridized carbons (Fsp3) is 0.487. The molecule has 2 aromatic rings. The lowest BCUT2D eigenvalue weighted by Crippen LogP contribution is -2.42. The second-order valence-corrected chi connectivity index (χ2v) is 13.3. The van der Waals surface area contributed by atoms with Gasteiger partial charge in [0.2, 0.25) is 0 Å². The number of hydrogen-bond donors (Lipinski definition) is 3. The van der Waals surface area contributed by atoms with Crippen molar-refractivity contribution in [3.8, 4) is 5.75 Å². The van der Waals surface area contributed by atoms with Gasteiger partial charge in [0.05, 0.1) is 24.0 Å². The number of pyridine rings is 1. The molecule has 2 aliphatic carbocycles. The number of fused-ring (bicyclic) bond motifs is 1. The van der Waals surface area contributed by atoms with Crippen molar-refractivity contribution in [2.24, 2.45) is 29.6 Å². The largest absolute Gasteiger partial charge is 0.478 e. The van der Waals surface area contributed by atoms with Crippen molar-refractivity contribution in [1.29, 1.82) is 0 Å². The molecule has 12 heteroatoms. The molecule has 1 saturated heterocycles. The smallest absolute Gasteiger partial charge is 0.339 e. The van der Waals surface area contributed by atoms with Crippen molar-refractivity contribution in [2.75, 3.05) is 0 Å². The molecule has 5 rings (SSSR count). The van der Waals surface area contributed by atoms with Crippen LogP contribution in [-0.2, 0) is 23.9 Å². The zero-order chi connectivity index (χ0) is 37.7. The van der Waals surface area contributed by atoms with E-state index in [9.17, 15) is 29.1 Å². The molecule has 0 saturated carbocycles. The molecular formula is C39H49NO11. The molecule has 1 aromatic carbocycles. The molecule has 8 atom stereocenters. The summed E-state index contributed by atoms with van der Waals surface area (Å²) in [6.45, 7) is 9.55. The van der Waals surface area contributed by atoms with Gasteiger partial charge < -0.3 is 29.5 Å². The highest BCUT2D eigenvalue weighted by molar-refractivity contribution is 5.91. The molecule has 1 aliphatic heterocycles. The van der Waals surface area contributed by atoms with E-state index in [1.54, 1.807) is 18.2 Å². The number of allylic oxidation sites excluding steroid dienone is 3. The van der Waals surface area contributed by atoms with Gasteiger partial charge in [-0.2, -0.15) is 0 Å². The van der Waals surface area contributed by atoms with Gasteiger partial charge in [-0.3, -0.25) is 19.4 Å². The number of ether oxygens (including phenoxy) is 3. The van der Waals surface area contributed by atoms with Gasteiger partial charge in [-0.15, -0.1) is 0 Å². The van der Waals surface area contributed by atoms with Gasteiger partial charge in [0.15, 0.2) is 0 Å². The molecule has 12 nitrogen and oxygen atoms in total. The van der Waals surface area contributed by atoms with Crippen LogP contribution >= 0.6 is 0 Å². The minimum atomic E-state index is -1.11. The predicted octanol–water partition coefficient (Wildman–Crippen LogP) is 6.29. The van der Waals surface area contributed by atoms with E-state index in [2.05, 4.69) is 41.8 Å². The van der Waals surface area contributed by atoms with Crippen molar-refractivity contribution in [1.82, 2.24) is 4.98 Å². The quantitative estimate of drug-likeness (QED) is 0.196. The Labute approximate surface area is 298 Å². The van der Waals surface area contributed by atoms with Crippen LogP contribution in [0, 0.1) is 29.6 Å². The monoisotopic (exact) mass is 707 g/mol. The molecule has 1 aromatic heterocycles. The van der Waals surface area contributed by atoms with Crippen LogP contribution in [0.15, 0.2) is 72.6 Å². The van der Waals surface area contributed by atoms with Gasteiger partial charge >= 0.3 is 29.8 Å². The average molecular weight is 708 g/mol. The van der Waals surface area contributed by atoms with E-state index < -0.39 is 24.0 Å². The fourth-order valence-electron chi connectivity index (χ4n) is 6.45. The van der Waals surface area contributed by atoms with Crippen LogP contribution in [0.2, 0.25) is 0 Å². The third-order valence-corrected chi connectivity index (χ3v) is 9.21. The number of esters is 3. The Hall–Kier alpha value is -4.84. The zero-order valence-corrected chi connectivity index (χ0v) is 29.8. The number of benzene rings is 1. The number of carbonyl (C=O) groups is 5. The van der Waals surface area contributed by atoms with Crippen molar-refractivity contribution >= 4 is 29.8 Å². The van der Waals surface area contributed by atoms with Crippen LogP contribution in [0.3, 0.4) is 0 Å². The molecule has 3 aliphatic rings. The maximum absolute atomic E-state index is 12.5. The highest BCUT2D eigenvalue weighted by Gasteiger charge is 2.42. The van der Waals surface area contributed by atoms with E-state index >= 15 is 0 Å². The summed E-state index contributed by atoms with van der Waals surface area (Å²) < 4.78 is 16.2. The summed E-state index contributed by atoms with van der Waals surface area (Å²) in [5, 5.41) is 26.9. The maximum atomic E-state index is 12.5. The number of cyclic esters (lactones) is 1. The molecule has 0 unspecified atom stereocenters. The third-order valence-electron chi connectivity index (χ3n) is 9.21. The molecule has 0 spiro atoms. The summed E-state index contributed by atoms with van der Waals surface area (Å²) in [6, 6.07) is 9.06. The first kappa shape index (κ1) is 40.6. The van der Waals surface area contributed by atoms with E-state index in [-0.39, 0.29) is 59.3 Å². The van der Waals surface area contributed by atoms with Crippen LogP contribution in [0.5, 0.6) is 5.75 Å². The number of hydrogen-bond acceptors (Lipinski definition) is 10. The Morgan fingerprint density at radius 2 is 1.75 bits per heavy atom. The summed E-state index contributed by atoms with van der Waals surface area (Å²) in [6.07, 6.45) is 12.5. The Kier molecular flexibility index (Phi) is 15.5. The number of aliphatic hydroxyl groups is 1. The van der Waals surface area contributed by atoms with Crippen LogP contribution in [-0.4, -0.2) is 68.5 Å². The number of carbonyl (C=O) groups excluding carboxylic acids is 3. The van der Waals surface area contributed by atoms with E-state index in [1.165, 1.54) is 43.1 Å². The number of aromatic carboxylic acids is 2. The summed E-state index contributed by atoms with van der Waals surface area (Å²) in [4.78, 5) is 59.2. The number of aliphatic hydroxyl groups excluding tert-OH is 1. The number of aromatic nitrogens is 1. The molecule has 2 heterocycles. The second-order valence-electron chi connectivity index (χ2n) is 13.3. The lowest BCUT2D eigenvalue weighted by molar-refractivity contribution is -0.162. The number of rotatable bonds is 9. The van der Waals surface area contributed by atoms with Crippen molar-refractivity contribution in [3.63, 3.8) is 0 Å². The minimum absolute atomic E-state index is 0.0160. The molecular weight excluding hydrogens is 658 g/mol. The Bertz CT molecular complexity index is 1570. The van der Waals surface area contributed by atoms with Crippen molar-refractivity contribution in [2.45, 2.75) is 91.5 Å². The molecule has 3 N–H and O–H groups in total. The first-order valence-electron chi connectivity index (χ1n) is 17.3. The standard InChI is InChI=1S/C24H36O5.C9H8O4.C6H5NO2/c1-5-15(3)24(27)29-21-11-14(2)10-17-7-6-16(4)20(23(17)21)9-8-19-12-18(25)13-22(26)28-19;1-6(10)13-8-5-3-2-4-7(8)9(11)12;8-6(9)5-2-1-3-7-4-5/h6-7,10,14-16,18-21,23,25H,5,8-9,11-13H2,1-4H3;2-5H,1H3,(H,11,12);1-4H,(H,8,9)/t14-,15-,16-,18+,19+,20-,21-,23-;;/m0../s1. The highest BCUT2D eigenvalue weighted by Crippen LogP contribution is 2.45. The van der Waals surface area contributed by atoms with Crippen molar-refractivity contribution < 1.29 is 53.5 Å². The van der Waals surface area contributed by atoms with Gasteiger partial charge in [-0.25, -0.2) is 9.59 Å². The van der Waals surface area contributed by atoms with Crippen LogP contribution < -0.4 is 4.74 Å². The topological polar surface area (TPSA) is 187 Å². The number of carboxylic acids is 2. The molecule has 0 bridgehead atoms. The molecule has 0 radical (unpaired) electrons. The molecule has 276 valence electrons. The van der Waals surface area contributed by atoms with E-state index in [1.807, 2.05) is 13.8 Å². The third kappa shape index (κ3) is 12.5. The van der Waals surface area contributed by atoms with E-state index in [4.69, 9.17) is 19.7 Å². The van der Waals surface area contributed by atoms with E-state index in [0.29, 0.717) is 24.2 Å². The van der Waals surface area contributed by atoms with Gasteiger partial charge in [0, 0.05) is 31.7 Å². The van der Waals surface area contributed by atoms with Crippen LogP contribution in [0.4, 0.5) is 0 Å². The van der Waals surface area contributed by atoms with Gasteiger partial charge in [0.1, 0.15) is 23.5 Å². The molecule has 51 heavy (non-hydrogen) atoms. The summed E-state index contributed by atoms with van der Waals surface area (Å²) in [5.41, 5.74) is 1.48. The zero-order valence-electron chi connectivity index (χ0n) is 29.8. The van der Waals surface area contributed by atoms with Crippen LogP contribution in [0.25, 0.3) is 0 Å². The first-order chi connectivity index (χ1) is 24.2. The summed E-state index contributed by atoms with van der Waals surface area (Å²) >= 11 is 0. The normalized spacial score (nSPS) is 25.5. The van der Waals surface area contributed by atoms with Gasteiger partial charge in [0.25, 0.3) is 0 Å². The second kappa shape index (κ2) is 19.5. The molecule has 0 amide bonds. The highest BCUT2D eigenvalue weighted by atomic mass is 16.6. The Morgan fingerprint density at radius 1 is 1.02 bits per heavy atom. The number of para-hydroxylation sites is 1. The fourth-order valence-corrected chi connectivity index (χ4v) is 6.45. The van der Waals surface area contributed by atoms with Gasteiger partial charge in [-0.05, 0) is 73.3 Å². The average Bonchev–Trinajstić information content (AvgIpc) is 3.08. The summed E-state index contributed by atoms with van der Waals surface area (Å²) in [7, 11) is 0. The SMILES string of the molecule is CC(=O)Oc1ccccc1C(=O)O.CC[C@H](C)C(=O)O[C@H]1C[C@@H](C)C=C2C=C[C@H](C)[C@H](CC[C@@H]3C[C@@H](O)CC(=O)O3)[C@H]21.O=C(O)c1cccnc1. The lowest BCUT2D eigenvalue weighted by Gasteiger charge is -2.43. The Morgan fingerprint density at radius 3 is 2.33 bits per heavy atom. The van der Waals surface area contributed by atoms with Crippen molar-refractivity contribution in [3.05, 3.63) is 83.7 Å².